The molecule has 0 aromatic carbocycles. The lowest BCUT2D eigenvalue weighted by atomic mass is 10.0. The second-order valence-electron chi connectivity index (χ2n) is 4.30. The monoisotopic (exact) mass is 228 g/mol. The third-order valence-electron chi connectivity index (χ3n) is 2.70. The number of carbonyl (C=O) groups excluding carboxylic acids is 2. The van der Waals surface area contributed by atoms with E-state index in [1.165, 1.54) is 19.8 Å². The van der Waals surface area contributed by atoms with Gasteiger partial charge in [0, 0.05) is 6.42 Å². The Morgan fingerprint density at radius 3 is 2.38 bits per heavy atom. The molecule has 0 aromatic rings. The van der Waals surface area contributed by atoms with Crippen LogP contribution in [0.4, 0.5) is 0 Å². The Kier molecular flexibility index (Phi) is 8.87. The van der Waals surface area contributed by atoms with Crippen molar-refractivity contribution in [3.63, 3.8) is 0 Å². The molecule has 0 fully saturated rings. The Balaban J connectivity index is 3.66. The van der Waals surface area contributed by atoms with Gasteiger partial charge in [-0.15, -0.1) is 0 Å². The quantitative estimate of drug-likeness (QED) is 0.569. The van der Waals surface area contributed by atoms with Crippen LogP contribution in [0.2, 0.25) is 0 Å². The fourth-order valence-corrected chi connectivity index (χ4v) is 1.46. The normalized spacial score (nSPS) is 12.2. The van der Waals surface area contributed by atoms with E-state index in [4.69, 9.17) is 4.74 Å². The predicted octanol–water partition coefficient (Wildman–Crippen LogP) is 3.12. The third kappa shape index (κ3) is 8.45. The zero-order valence-corrected chi connectivity index (χ0v) is 10.8. The third-order valence-corrected chi connectivity index (χ3v) is 2.70. The molecule has 0 aliphatic carbocycles. The van der Waals surface area contributed by atoms with Crippen molar-refractivity contribution in [2.75, 3.05) is 6.61 Å². The van der Waals surface area contributed by atoms with Gasteiger partial charge in [-0.2, -0.15) is 0 Å². The van der Waals surface area contributed by atoms with Crippen LogP contribution in [0.5, 0.6) is 0 Å². The highest BCUT2D eigenvalue weighted by atomic mass is 16.5. The van der Waals surface area contributed by atoms with E-state index in [0.717, 1.165) is 12.8 Å². The first-order valence-electron chi connectivity index (χ1n) is 6.25. The lowest BCUT2D eigenvalue weighted by molar-refractivity contribution is -0.146. The van der Waals surface area contributed by atoms with Crippen molar-refractivity contribution in [1.82, 2.24) is 0 Å². The summed E-state index contributed by atoms with van der Waals surface area (Å²) in [5, 5.41) is 0. The van der Waals surface area contributed by atoms with Gasteiger partial charge in [0.25, 0.3) is 0 Å². The SMILES string of the molecule is CCCCC(CC)COC(=O)CCC(C)=O. The summed E-state index contributed by atoms with van der Waals surface area (Å²) >= 11 is 0. The molecule has 16 heavy (non-hydrogen) atoms. The van der Waals surface area contributed by atoms with Gasteiger partial charge in [-0.1, -0.05) is 33.1 Å². The van der Waals surface area contributed by atoms with Gasteiger partial charge in [-0.3, -0.25) is 4.79 Å². The standard InChI is InChI=1S/C13H24O3/c1-4-6-7-12(5-2)10-16-13(15)9-8-11(3)14/h12H,4-10H2,1-3H3. The van der Waals surface area contributed by atoms with E-state index in [2.05, 4.69) is 13.8 Å². The molecule has 0 aromatic heterocycles. The molecule has 0 bridgehead atoms. The number of rotatable bonds is 9. The number of esters is 1. The summed E-state index contributed by atoms with van der Waals surface area (Å²) in [6.07, 6.45) is 5.04. The fraction of sp³-hybridized carbons (Fsp3) is 0.846. The second kappa shape index (κ2) is 9.37. The largest absolute Gasteiger partial charge is 0.465 e. The van der Waals surface area contributed by atoms with Crippen molar-refractivity contribution in [3.8, 4) is 0 Å². The summed E-state index contributed by atoms with van der Waals surface area (Å²) < 4.78 is 5.15. The van der Waals surface area contributed by atoms with E-state index in [1.54, 1.807) is 0 Å². The highest BCUT2D eigenvalue weighted by Crippen LogP contribution is 2.13. The van der Waals surface area contributed by atoms with Crippen molar-refractivity contribution in [2.24, 2.45) is 5.92 Å². The highest BCUT2D eigenvalue weighted by molar-refractivity contribution is 5.80. The predicted molar refractivity (Wildman–Crippen MR) is 64.2 cm³/mol. The molecule has 0 saturated carbocycles. The topological polar surface area (TPSA) is 43.4 Å². The van der Waals surface area contributed by atoms with Crippen LogP contribution in [0.15, 0.2) is 0 Å². The highest BCUT2D eigenvalue weighted by Gasteiger charge is 2.10. The van der Waals surface area contributed by atoms with Gasteiger partial charge in [0.2, 0.25) is 0 Å². The zero-order valence-electron chi connectivity index (χ0n) is 10.8. The molecule has 3 nitrogen and oxygen atoms in total. The molecule has 0 amide bonds. The molecule has 94 valence electrons. The Labute approximate surface area is 98.6 Å². The maximum atomic E-state index is 11.3. The Bertz CT molecular complexity index is 211. The van der Waals surface area contributed by atoms with Gasteiger partial charge in [0.15, 0.2) is 0 Å². The number of ether oxygens (including phenoxy) is 1. The van der Waals surface area contributed by atoms with Crippen molar-refractivity contribution in [2.45, 2.75) is 59.3 Å². The minimum absolute atomic E-state index is 0.0370. The first kappa shape index (κ1) is 15.1. The minimum atomic E-state index is -0.245. The second-order valence-corrected chi connectivity index (χ2v) is 4.30. The molecule has 0 rings (SSSR count). The van der Waals surface area contributed by atoms with Crippen LogP contribution < -0.4 is 0 Å². The number of Topliss-reactive ketones (excluding diaryl/α,β-unsaturated/α-hetero) is 1. The van der Waals surface area contributed by atoms with Crippen LogP contribution >= 0.6 is 0 Å². The lowest BCUT2D eigenvalue weighted by Gasteiger charge is -2.14. The van der Waals surface area contributed by atoms with Crippen molar-refractivity contribution in [3.05, 3.63) is 0 Å². The van der Waals surface area contributed by atoms with Crippen LogP contribution in [0.25, 0.3) is 0 Å². The van der Waals surface area contributed by atoms with Crippen molar-refractivity contribution < 1.29 is 14.3 Å². The summed E-state index contributed by atoms with van der Waals surface area (Å²) in [4.78, 5) is 21.9. The average Bonchev–Trinajstić information content (AvgIpc) is 2.26. The van der Waals surface area contributed by atoms with Gasteiger partial charge in [-0.25, -0.2) is 0 Å². The first-order chi connectivity index (χ1) is 7.60. The van der Waals surface area contributed by atoms with Crippen LogP contribution in [0, 0.1) is 5.92 Å². The Morgan fingerprint density at radius 1 is 1.19 bits per heavy atom. The summed E-state index contributed by atoms with van der Waals surface area (Å²) in [6, 6.07) is 0. The van der Waals surface area contributed by atoms with E-state index in [9.17, 15) is 9.59 Å². The first-order valence-corrected chi connectivity index (χ1v) is 6.25. The molecule has 0 N–H and O–H groups in total. The van der Waals surface area contributed by atoms with Crippen molar-refractivity contribution in [1.29, 1.82) is 0 Å². The lowest BCUT2D eigenvalue weighted by Crippen LogP contribution is -2.14. The molecule has 3 heteroatoms. The van der Waals surface area contributed by atoms with Gasteiger partial charge in [0.05, 0.1) is 13.0 Å². The van der Waals surface area contributed by atoms with Crippen LogP contribution in [-0.4, -0.2) is 18.4 Å². The van der Waals surface area contributed by atoms with Crippen molar-refractivity contribution >= 4 is 11.8 Å². The molecule has 0 aliphatic rings. The molecule has 1 atom stereocenters. The Hall–Kier alpha value is -0.860. The molecule has 0 radical (unpaired) electrons. The van der Waals surface area contributed by atoms with E-state index < -0.39 is 0 Å². The maximum Gasteiger partial charge on any atom is 0.306 e. The molecule has 0 heterocycles. The van der Waals surface area contributed by atoms with E-state index in [1.807, 2.05) is 0 Å². The van der Waals surface area contributed by atoms with Crippen LogP contribution in [-0.2, 0) is 14.3 Å². The number of carbonyl (C=O) groups is 2. The summed E-state index contributed by atoms with van der Waals surface area (Å²) in [6.45, 7) is 6.27. The smallest absolute Gasteiger partial charge is 0.306 e. The van der Waals surface area contributed by atoms with Gasteiger partial charge < -0.3 is 9.53 Å². The maximum absolute atomic E-state index is 11.3. The van der Waals surface area contributed by atoms with Gasteiger partial charge in [0.1, 0.15) is 5.78 Å². The van der Waals surface area contributed by atoms with Crippen LogP contribution in [0.3, 0.4) is 0 Å². The minimum Gasteiger partial charge on any atom is -0.465 e. The number of unbranched alkanes of at least 4 members (excludes halogenated alkanes) is 1. The van der Waals surface area contributed by atoms with Gasteiger partial charge in [-0.05, 0) is 19.3 Å². The molecule has 0 saturated heterocycles. The molecule has 0 spiro atoms. The summed E-state index contributed by atoms with van der Waals surface area (Å²) in [7, 11) is 0. The molecule has 0 aliphatic heterocycles. The number of hydrogen-bond acceptors (Lipinski definition) is 3. The molecule has 1 unspecified atom stereocenters. The summed E-state index contributed by atoms with van der Waals surface area (Å²) in [5.74, 6) is 0.265. The Morgan fingerprint density at radius 2 is 1.88 bits per heavy atom. The van der Waals surface area contributed by atoms with E-state index >= 15 is 0 Å². The average molecular weight is 228 g/mol. The molecular formula is C13H24O3. The number of hydrogen-bond donors (Lipinski definition) is 0. The fourth-order valence-electron chi connectivity index (χ4n) is 1.46. The van der Waals surface area contributed by atoms with E-state index in [-0.39, 0.29) is 18.2 Å². The number of ketones is 1. The van der Waals surface area contributed by atoms with Crippen LogP contribution in [0.1, 0.15) is 59.3 Å². The van der Waals surface area contributed by atoms with Gasteiger partial charge >= 0.3 is 5.97 Å². The summed E-state index contributed by atoms with van der Waals surface area (Å²) in [5.41, 5.74) is 0. The van der Waals surface area contributed by atoms with E-state index in [0.29, 0.717) is 18.9 Å². The molecular weight excluding hydrogens is 204 g/mol. The zero-order chi connectivity index (χ0) is 12.4.